The minimum absolute atomic E-state index is 0.0757. The zero-order valence-corrected chi connectivity index (χ0v) is 15.4. The smallest absolute Gasteiger partial charge is 0.325 e. The summed E-state index contributed by atoms with van der Waals surface area (Å²) in [7, 11) is 2.95. The Morgan fingerprint density at radius 3 is 2.33 bits per heavy atom. The number of rotatable bonds is 8. The first-order valence-electron chi connectivity index (χ1n) is 8.21. The molecule has 0 spiro atoms. The molecule has 0 bridgehead atoms. The number of methoxy groups -OCH3 is 2. The van der Waals surface area contributed by atoms with Gasteiger partial charge in [0.25, 0.3) is 5.91 Å². The molecule has 0 aliphatic heterocycles. The Bertz CT molecular complexity index is 846. The predicted molar refractivity (Wildman–Crippen MR) is 98.1 cm³/mol. The highest BCUT2D eigenvalue weighted by molar-refractivity contribution is 5.98. The van der Waals surface area contributed by atoms with Crippen LogP contribution in [0.5, 0.6) is 11.5 Å². The van der Waals surface area contributed by atoms with Gasteiger partial charge in [-0.15, -0.1) is 0 Å². The summed E-state index contributed by atoms with van der Waals surface area (Å²) in [6.07, 6.45) is 0. The average Bonchev–Trinajstić information content (AvgIpc) is 2.69. The van der Waals surface area contributed by atoms with Crippen LogP contribution >= 0.6 is 0 Å². The number of hydrogen-bond donors (Lipinski definition) is 1. The number of carbonyl (C=O) groups is 3. The molecule has 1 amide bonds. The van der Waals surface area contributed by atoms with Gasteiger partial charge in [0.1, 0.15) is 24.7 Å². The number of amides is 1. The maximum Gasteiger partial charge on any atom is 0.325 e. The first kappa shape index (κ1) is 20.0. The third-order valence-corrected chi connectivity index (χ3v) is 3.82. The Balaban J connectivity index is 1.94. The number of ether oxygens (including phenoxy) is 3. The summed E-state index contributed by atoms with van der Waals surface area (Å²) in [5, 5.41) is 2.49. The topological polar surface area (TPSA) is 90.9 Å². The molecule has 0 saturated carbocycles. The second-order valence-electron chi connectivity index (χ2n) is 5.63. The first-order valence-corrected chi connectivity index (χ1v) is 8.21. The maximum absolute atomic E-state index is 12.2. The van der Waals surface area contributed by atoms with Gasteiger partial charge >= 0.3 is 5.97 Å². The molecule has 2 aromatic rings. The molecule has 1 N–H and O–H groups in total. The zero-order chi connectivity index (χ0) is 19.8. The van der Waals surface area contributed by atoms with E-state index in [1.165, 1.54) is 21.1 Å². The lowest BCUT2D eigenvalue weighted by Gasteiger charge is -2.11. The first-order chi connectivity index (χ1) is 13.0. The van der Waals surface area contributed by atoms with E-state index in [-0.39, 0.29) is 18.9 Å². The SMILES string of the molecule is COc1ccc(C(C)=O)cc1COC(=O)CNC(=O)c1ccccc1OC. The number of esters is 1. The average molecular weight is 371 g/mol. The summed E-state index contributed by atoms with van der Waals surface area (Å²) in [4.78, 5) is 35.6. The van der Waals surface area contributed by atoms with E-state index in [4.69, 9.17) is 14.2 Å². The van der Waals surface area contributed by atoms with Crippen LogP contribution in [0.1, 0.15) is 33.2 Å². The van der Waals surface area contributed by atoms with Gasteiger partial charge < -0.3 is 19.5 Å². The van der Waals surface area contributed by atoms with E-state index in [0.29, 0.717) is 28.2 Å². The molecule has 0 unspecified atom stereocenters. The van der Waals surface area contributed by atoms with E-state index in [9.17, 15) is 14.4 Å². The number of nitrogens with one attached hydrogen (secondary N) is 1. The quantitative estimate of drug-likeness (QED) is 0.566. The minimum atomic E-state index is -0.617. The third kappa shape index (κ3) is 5.31. The van der Waals surface area contributed by atoms with Crippen molar-refractivity contribution in [3.8, 4) is 11.5 Å². The Hall–Kier alpha value is -3.35. The van der Waals surface area contributed by atoms with Gasteiger partial charge in [0.2, 0.25) is 0 Å². The Kier molecular flexibility index (Phi) is 6.93. The van der Waals surface area contributed by atoms with E-state index in [1.54, 1.807) is 42.5 Å². The minimum Gasteiger partial charge on any atom is -0.496 e. The van der Waals surface area contributed by atoms with Gasteiger partial charge in [-0.1, -0.05) is 12.1 Å². The van der Waals surface area contributed by atoms with Crippen LogP contribution < -0.4 is 14.8 Å². The van der Waals surface area contributed by atoms with Gasteiger partial charge in [-0.25, -0.2) is 0 Å². The van der Waals surface area contributed by atoms with Gasteiger partial charge in [-0.3, -0.25) is 14.4 Å². The third-order valence-electron chi connectivity index (χ3n) is 3.82. The van der Waals surface area contributed by atoms with Crippen LogP contribution in [0.4, 0.5) is 0 Å². The zero-order valence-electron chi connectivity index (χ0n) is 15.4. The van der Waals surface area contributed by atoms with E-state index in [2.05, 4.69) is 5.32 Å². The van der Waals surface area contributed by atoms with E-state index in [0.717, 1.165) is 0 Å². The highest BCUT2D eigenvalue weighted by atomic mass is 16.5. The molecule has 7 heteroatoms. The maximum atomic E-state index is 12.2. The molecule has 27 heavy (non-hydrogen) atoms. The fourth-order valence-corrected chi connectivity index (χ4v) is 2.40. The number of Topliss-reactive ketones (excluding diaryl/α,β-unsaturated/α-hetero) is 1. The van der Waals surface area contributed by atoms with Gasteiger partial charge in [0.15, 0.2) is 5.78 Å². The molecule has 0 saturated heterocycles. The monoisotopic (exact) mass is 371 g/mol. The Morgan fingerprint density at radius 1 is 0.963 bits per heavy atom. The summed E-state index contributed by atoms with van der Waals surface area (Å²) in [5.41, 5.74) is 1.38. The molecule has 0 fully saturated rings. The van der Waals surface area contributed by atoms with E-state index >= 15 is 0 Å². The molecule has 0 aliphatic carbocycles. The molecule has 0 aliphatic rings. The molecule has 0 aromatic heterocycles. The van der Waals surface area contributed by atoms with Crippen molar-refractivity contribution in [2.75, 3.05) is 20.8 Å². The van der Waals surface area contributed by atoms with Crippen molar-refractivity contribution in [3.63, 3.8) is 0 Å². The van der Waals surface area contributed by atoms with Gasteiger partial charge in [0, 0.05) is 11.1 Å². The summed E-state index contributed by atoms with van der Waals surface area (Å²) in [6, 6.07) is 11.6. The van der Waals surface area contributed by atoms with E-state index < -0.39 is 11.9 Å². The summed E-state index contributed by atoms with van der Waals surface area (Å²) >= 11 is 0. The number of carbonyl (C=O) groups excluding carboxylic acids is 3. The number of hydrogen-bond acceptors (Lipinski definition) is 6. The standard InChI is InChI=1S/C20H21NO6/c1-13(22)14-8-9-17(25-2)15(10-14)12-27-19(23)11-21-20(24)16-6-4-5-7-18(16)26-3/h4-10H,11-12H2,1-3H3,(H,21,24). The van der Waals surface area contributed by atoms with Gasteiger partial charge in [0.05, 0.1) is 19.8 Å². The molecule has 142 valence electrons. The van der Waals surface area contributed by atoms with Gasteiger partial charge in [-0.05, 0) is 37.3 Å². The molecule has 0 radical (unpaired) electrons. The second-order valence-corrected chi connectivity index (χ2v) is 5.63. The van der Waals surface area contributed by atoms with Crippen molar-refractivity contribution in [2.45, 2.75) is 13.5 Å². The van der Waals surface area contributed by atoms with Crippen LogP contribution in [0.15, 0.2) is 42.5 Å². The van der Waals surface area contributed by atoms with Crippen molar-refractivity contribution in [1.29, 1.82) is 0 Å². The van der Waals surface area contributed by atoms with Crippen LogP contribution in [0.3, 0.4) is 0 Å². The summed E-state index contributed by atoms with van der Waals surface area (Å²) in [5.74, 6) is -0.247. The van der Waals surface area contributed by atoms with Crippen LogP contribution in [-0.2, 0) is 16.1 Å². The fraction of sp³-hybridized carbons (Fsp3) is 0.250. The van der Waals surface area contributed by atoms with Crippen molar-refractivity contribution < 1.29 is 28.6 Å². The Morgan fingerprint density at radius 2 is 1.67 bits per heavy atom. The molecule has 0 heterocycles. The number of para-hydroxylation sites is 1. The highest BCUT2D eigenvalue weighted by Gasteiger charge is 2.14. The molecule has 2 rings (SSSR count). The lowest BCUT2D eigenvalue weighted by atomic mass is 10.1. The molecule has 7 nitrogen and oxygen atoms in total. The lowest BCUT2D eigenvalue weighted by molar-refractivity contribution is -0.143. The lowest BCUT2D eigenvalue weighted by Crippen LogP contribution is -2.30. The van der Waals surface area contributed by atoms with Crippen LogP contribution in [0.25, 0.3) is 0 Å². The highest BCUT2D eigenvalue weighted by Crippen LogP contribution is 2.21. The van der Waals surface area contributed by atoms with Crippen molar-refractivity contribution in [3.05, 3.63) is 59.2 Å². The largest absolute Gasteiger partial charge is 0.496 e. The molecular weight excluding hydrogens is 350 g/mol. The molecule has 2 aromatic carbocycles. The van der Waals surface area contributed by atoms with Crippen molar-refractivity contribution in [1.82, 2.24) is 5.32 Å². The van der Waals surface area contributed by atoms with Crippen molar-refractivity contribution in [2.24, 2.45) is 0 Å². The normalized spacial score (nSPS) is 10.0. The van der Waals surface area contributed by atoms with E-state index in [1.807, 2.05) is 0 Å². The number of ketones is 1. The molecular formula is C20H21NO6. The summed E-state index contributed by atoms with van der Waals surface area (Å²) in [6.45, 7) is 1.07. The Labute approximate surface area is 157 Å². The number of benzene rings is 2. The fourth-order valence-electron chi connectivity index (χ4n) is 2.40. The summed E-state index contributed by atoms with van der Waals surface area (Å²) < 4.78 is 15.5. The van der Waals surface area contributed by atoms with Crippen LogP contribution in [0, 0.1) is 0 Å². The van der Waals surface area contributed by atoms with Crippen molar-refractivity contribution >= 4 is 17.7 Å². The van der Waals surface area contributed by atoms with Crippen LogP contribution in [-0.4, -0.2) is 38.4 Å². The second kappa shape index (κ2) is 9.38. The predicted octanol–water partition coefficient (Wildman–Crippen LogP) is 2.38. The van der Waals surface area contributed by atoms with Crippen LogP contribution in [0.2, 0.25) is 0 Å². The van der Waals surface area contributed by atoms with Gasteiger partial charge in [-0.2, -0.15) is 0 Å². The molecule has 0 atom stereocenters.